The molecule has 0 saturated heterocycles. The Kier molecular flexibility index (Phi) is 5.79. The SMILES string of the molecule is O=C(CCCCc1cccc(C(F)(F)F)c1)Nc1ccccc1. The Labute approximate surface area is 133 Å². The zero-order chi connectivity index (χ0) is 16.7. The third kappa shape index (κ3) is 5.77. The van der Waals surface area contributed by atoms with Crippen molar-refractivity contribution in [3.8, 4) is 0 Å². The average Bonchev–Trinajstić information content (AvgIpc) is 2.52. The molecule has 0 aliphatic rings. The molecule has 122 valence electrons. The molecular weight excluding hydrogens is 303 g/mol. The Hall–Kier alpha value is -2.30. The maximum absolute atomic E-state index is 12.6. The molecule has 0 unspecified atom stereocenters. The minimum absolute atomic E-state index is 0.0831. The van der Waals surface area contributed by atoms with Gasteiger partial charge in [0.2, 0.25) is 5.91 Å². The Morgan fingerprint density at radius 3 is 2.39 bits per heavy atom. The fourth-order valence-electron chi connectivity index (χ4n) is 2.26. The van der Waals surface area contributed by atoms with Crippen molar-refractivity contribution in [2.45, 2.75) is 31.9 Å². The van der Waals surface area contributed by atoms with E-state index in [0.29, 0.717) is 31.2 Å². The van der Waals surface area contributed by atoms with Gasteiger partial charge < -0.3 is 5.32 Å². The van der Waals surface area contributed by atoms with Gasteiger partial charge in [-0.05, 0) is 43.0 Å². The maximum Gasteiger partial charge on any atom is 0.416 e. The van der Waals surface area contributed by atoms with Crippen LogP contribution in [-0.4, -0.2) is 5.91 Å². The average molecular weight is 321 g/mol. The number of aryl methyl sites for hydroxylation is 1. The van der Waals surface area contributed by atoms with E-state index in [0.717, 1.165) is 11.8 Å². The van der Waals surface area contributed by atoms with Gasteiger partial charge in [-0.2, -0.15) is 13.2 Å². The second-order valence-corrected chi connectivity index (χ2v) is 5.32. The van der Waals surface area contributed by atoms with Crippen molar-refractivity contribution in [3.63, 3.8) is 0 Å². The highest BCUT2D eigenvalue weighted by Crippen LogP contribution is 2.29. The van der Waals surface area contributed by atoms with E-state index in [1.54, 1.807) is 18.2 Å². The van der Waals surface area contributed by atoms with Crippen LogP contribution in [0.1, 0.15) is 30.4 Å². The predicted molar refractivity (Wildman–Crippen MR) is 84.1 cm³/mol. The number of alkyl halides is 3. The summed E-state index contributed by atoms with van der Waals surface area (Å²) in [6, 6.07) is 14.5. The molecule has 0 heterocycles. The van der Waals surface area contributed by atoms with Crippen LogP contribution >= 0.6 is 0 Å². The van der Waals surface area contributed by atoms with Crippen LogP contribution < -0.4 is 5.32 Å². The number of unbranched alkanes of at least 4 members (excludes halogenated alkanes) is 1. The Morgan fingerprint density at radius 1 is 0.957 bits per heavy atom. The van der Waals surface area contributed by atoms with Crippen molar-refractivity contribution in [2.75, 3.05) is 5.32 Å². The van der Waals surface area contributed by atoms with E-state index in [1.807, 2.05) is 18.2 Å². The lowest BCUT2D eigenvalue weighted by molar-refractivity contribution is -0.137. The monoisotopic (exact) mass is 321 g/mol. The summed E-state index contributed by atoms with van der Waals surface area (Å²) < 4.78 is 37.8. The Balaban J connectivity index is 1.74. The molecule has 0 aromatic heterocycles. The van der Waals surface area contributed by atoms with Gasteiger partial charge >= 0.3 is 6.18 Å². The Morgan fingerprint density at radius 2 is 1.70 bits per heavy atom. The number of halogens is 3. The van der Waals surface area contributed by atoms with E-state index in [4.69, 9.17) is 0 Å². The number of hydrogen-bond acceptors (Lipinski definition) is 1. The lowest BCUT2D eigenvalue weighted by Gasteiger charge is -2.09. The van der Waals surface area contributed by atoms with Gasteiger partial charge in [-0.3, -0.25) is 4.79 Å². The molecule has 1 N–H and O–H groups in total. The van der Waals surface area contributed by atoms with Crippen LogP contribution in [0.15, 0.2) is 54.6 Å². The summed E-state index contributed by atoms with van der Waals surface area (Å²) in [4.78, 5) is 11.7. The van der Waals surface area contributed by atoms with Gasteiger partial charge in [0.05, 0.1) is 5.56 Å². The predicted octanol–water partition coefficient (Wildman–Crippen LogP) is 5.06. The number of carbonyl (C=O) groups excluding carboxylic acids is 1. The van der Waals surface area contributed by atoms with Crippen molar-refractivity contribution in [1.82, 2.24) is 0 Å². The Bertz CT molecular complexity index is 638. The third-order valence-electron chi connectivity index (χ3n) is 3.43. The lowest BCUT2D eigenvalue weighted by atomic mass is 10.0. The van der Waals surface area contributed by atoms with E-state index in [-0.39, 0.29) is 5.91 Å². The van der Waals surface area contributed by atoms with Crippen molar-refractivity contribution in [1.29, 1.82) is 0 Å². The molecule has 0 saturated carbocycles. The van der Waals surface area contributed by atoms with Crippen LogP contribution in [0, 0.1) is 0 Å². The lowest BCUT2D eigenvalue weighted by Crippen LogP contribution is -2.11. The van der Waals surface area contributed by atoms with Gasteiger partial charge in [-0.15, -0.1) is 0 Å². The van der Waals surface area contributed by atoms with Gasteiger partial charge in [0, 0.05) is 12.1 Å². The number of nitrogens with one attached hydrogen (secondary N) is 1. The van der Waals surface area contributed by atoms with Crippen LogP contribution in [0.2, 0.25) is 0 Å². The molecule has 0 bridgehead atoms. The molecule has 23 heavy (non-hydrogen) atoms. The van der Waals surface area contributed by atoms with Gasteiger partial charge in [0.15, 0.2) is 0 Å². The number of amides is 1. The summed E-state index contributed by atoms with van der Waals surface area (Å²) in [5, 5.41) is 2.78. The highest BCUT2D eigenvalue weighted by molar-refractivity contribution is 5.90. The summed E-state index contributed by atoms with van der Waals surface area (Å²) >= 11 is 0. The molecule has 0 spiro atoms. The van der Waals surface area contributed by atoms with Crippen LogP contribution in [0.4, 0.5) is 18.9 Å². The first kappa shape index (κ1) is 17.1. The molecule has 5 heteroatoms. The first-order valence-electron chi connectivity index (χ1n) is 7.46. The van der Waals surface area contributed by atoms with Gasteiger partial charge in [-0.25, -0.2) is 0 Å². The molecule has 0 aliphatic heterocycles. The molecule has 0 atom stereocenters. The normalized spacial score (nSPS) is 11.3. The van der Waals surface area contributed by atoms with Gasteiger partial charge in [-0.1, -0.05) is 36.4 Å². The molecular formula is C18H18F3NO. The van der Waals surface area contributed by atoms with E-state index in [1.165, 1.54) is 12.1 Å². The summed E-state index contributed by atoms with van der Waals surface area (Å²) in [6.07, 6.45) is -2.12. The highest BCUT2D eigenvalue weighted by Gasteiger charge is 2.30. The third-order valence-corrected chi connectivity index (χ3v) is 3.43. The second-order valence-electron chi connectivity index (χ2n) is 5.32. The van der Waals surface area contributed by atoms with Crippen LogP contribution in [0.5, 0.6) is 0 Å². The molecule has 0 radical (unpaired) electrons. The molecule has 2 aromatic carbocycles. The smallest absolute Gasteiger partial charge is 0.326 e. The van der Waals surface area contributed by atoms with E-state index in [2.05, 4.69) is 5.32 Å². The standard InChI is InChI=1S/C18H18F3NO/c19-18(20,21)15-9-6-8-14(13-15)7-4-5-12-17(23)22-16-10-2-1-3-11-16/h1-3,6,8-11,13H,4-5,7,12H2,(H,22,23). The van der Waals surface area contributed by atoms with Crippen molar-refractivity contribution in [3.05, 3.63) is 65.7 Å². The van der Waals surface area contributed by atoms with Gasteiger partial charge in [0.25, 0.3) is 0 Å². The number of benzene rings is 2. The minimum atomic E-state index is -4.31. The second kappa shape index (κ2) is 7.81. The first-order chi connectivity index (χ1) is 10.9. The van der Waals surface area contributed by atoms with Crippen LogP contribution in [0.25, 0.3) is 0 Å². The summed E-state index contributed by atoms with van der Waals surface area (Å²) in [6.45, 7) is 0. The zero-order valence-corrected chi connectivity index (χ0v) is 12.6. The van der Waals surface area contributed by atoms with E-state index < -0.39 is 11.7 Å². The molecule has 2 aromatic rings. The maximum atomic E-state index is 12.6. The largest absolute Gasteiger partial charge is 0.416 e. The fourth-order valence-corrected chi connectivity index (χ4v) is 2.26. The number of carbonyl (C=O) groups is 1. The van der Waals surface area contributed by atoms with Crippen molar-refractivity contribution >= 4 is 11.6 Å². The number of para-hydroxylation sites is 1. The first-order valence-corrected chi connectivity index (χ1v) is 7.46. The molecule has 2 rings (SSSR count). The molecule has 2 nitrogen and oxygen atoms in total. The summed E-state index contributed by atoms with van der Waals surface area (Å²) in [7, 11) is 0. The van der Waals surface area contributed by atoms with Gasteiger partial charge in [0.1, 0.15) is 0 Å². The quantitative estimate of drug-likeness (QED) is 0.741. The van der Waals surface area contributed by atoms with Crippen molar-refractivity contribution < 1.29 is 18.0 Å². The van der Waals surface area contributed by atoms with Crippen LogP contribution in [-0.2, 0) is 17.4 Å². The molecule has 1 amide bonds. The number of anilines is 1. The van der Waals surface area contributed by atoms with E-state index in [9.17, 15) is 18.0 Å². The summed E-state index contributed by atoms with van der Waals surface area (Å²) in [5.41, 5.74) is 0.760. The van der Waals surface area contributed by atoms with Crippen molar-refractivity contribution in [2.24, 2.45) is 0 Å². The summed E-state index contributed by atoms with van der Waals surface area (Å²) in [5.74, 6) is -0.0831. The van der Waals surface area contributed by atoms with Crippen LogP contribution in [0.3, 0.4) is 0 Å². The highest BCUT2D eigenvalue weighted by atomic mass is 19.4. The zero-order valence-electron chi connectivity index (χ0n) is 12.6. The molecule has 0 fully saturated rings. The number of rotatable bonds is 6. The topological polar surface area (TPSA) is 29.1 Å². The van der Waals surface area contributed by atoms with E-state index >= 15 is 0 Å². The molecule has 0 aliphatic carbocycles. The minimum Gasteiger partial charge on any atom is -0.326 e. The number of hydrogen-bond donors (Lipinski definition) is 1. The fraction of sp³-hybridized carbons (Fsp3) is 0.278.